The first-order valence-electron chi connectivity index (χ1n) is 4.72. The predicted octanol–water partition coefficient (Wildman–Crippen LogP) is 0.801. The van der Waals surface area contributed by atoms with Crippen LogP contribution in [0.1, 0.15) is 5.69 Å². The summed E-state index contributed by atoms with van der Waals surface area (Å²) in [5.74, 6) is -0.223. The summed E-state index contributed by atoms with van der Waals surface area (Å²) in [6, 6.07) is 1.46. The van der Waals surface area contributed by atoms with Gasteiger partial charge in [0.2, 0.25) is 5.43 Å². The van der Waals surface area contributed by atoms with Gasteiger partial charge in [-0.1, -0.05) is 6.08 Å². The Bertz CT molecular complexity index is 408. The Morgan fingerprint density at radius 1 is 1.60 bits per heavy atom. The molecule has 4 heteroatoms. The number of pyridine rings is 1. The molecule has 0 aromatic carbocycles. The molecule has 0 saturated heterocycles. The molecule has 15 heavy (non-hydrogen) atoms. The van der Waals surface area contributed by atoms with E-state index in [0.29, 0.717) is 13.1 Å². The molecular weight excluding hydrogens is 192 g/mol. The predicted molar refractivity (Wildman–Crippen MR) is 60.0 cm³/mol. The molecule has 4 nitrogen and oxygen atoms in total. The second-order valence-electron chi connectivity index (χ2n) is 3.69. The lowest BCUT2D eigenvalue weighted by Gasteiger charge is -2.15. The number of aromatic hydroxyl groups is 1. The van der Waals surface area contributed by atoms with Crippen molar-refractivity contribution in [2.75, 3.05) is 14.1 Å². The topological polar surface area (TPSA) is 45.5 Å². The van der Waals surface area contributed by atoms with E-state index in [2.05, 4.69) is 6.58 Å². The number of allylic oxidation sites excluding steroid dienone is 1. The Morgan fingerprint density at radius 2 is 2.27 bits per heavy atom. The van der Waals surface area contributed by atoms with Crippen molar-refractivity contribution in [3.8, 4) is 5.75 Å². The van der Waals surface area contributed by atoms with Crippen molar-refractivity contribution in [3.63, 3.8) is 0 Å². The van der Waals surface area contributed by atoms with Gasteiger partial charge in [0, 0.05) is 24.8 Å². The molecule has 1 heterocycles. The summed E-state index contributed by atoms with van der Waals surface area (Å²) in [5, 5.41) is 9.30. The van der Waals surface area contributed by atoms with Gasteiger partial charge in [0.05, 0.1) is 6.20 Å². The van der Waals surface area contributed by atoms with Gasteiger partial charge in [0.15, 0.2) is 5.75 Å². The first kappa shape index (κ1) is 11.5. The molecule has 0 atom stereocenters. The number of nitrogens with zero attached hydrogens (tertiary/aromatic N) is 2. The van der Waals surface area contributed by atoms with Crippen molar-refractivity contribution in [2.45, 2.75) is 13.1 Å². The molecule has 0 aliphatic rings. The van der Waals surface area contributed by atoms with Gasteiger partial charge in [-0.3, -0.25) is 4.79 Å². The summed E-state index contributed by atoms with van der Waals surface area (Å²) in [6.45, 7) is 4.87. The van der Waals surface area contributed by atoms with Crippen LogP contribution in [0, 0.1) is 0 Å². The monoisotopic (exact) mass is 208 g/mol. The average molecular weight is 208 g/mol. The van der Waals surface area contributed by atoms with E-state index in [-0.39, 0.29) is 11.2 Å². The maximum atomic E-state index is 11.3. The summed E-state index contributed by atoms with van der Waals surface area (Å²) in [7, 11) is 3.85. The first-order chi connectivity index (χ1) is 7.04. The van der Waals surface area contributed by atoms with Crippen LogP contribution in [0.2, 0.25) is 0 Å². The third-order valence-corrected chi connectivity index (χ3v) is 2.00. The molecule has 1 N–H and O–H groups in total. The highest BCUT2D eigenvalue weighted by molar-refractivity contribution is 5.20. The van der Waals surface area contributed by atoms with Gasteiger partial charge in [-0.15, -0.1) is 6.58 Å². The van der Waals surface area contributed by atoms with E-state index in [1.165, 1.54) is 12.3 Å². The van der Waals surface area contributed by atoms with Crippen LogP contribution in [0.15, 0.2) is 29.7 Å². The number of rotatable bonds is 4. The summed E-state index contributed by atoms with van der Waals surface area (Å²) < 4.78 is 1.81. The van der Waals surface area contributed by atoms with E-state index in [4.69, 9.17) is 0 Å². The van der Waals surface area contributed by atoms with Crippen LogP contribution in [-0.2, 0) is 13.1 Å². The zero-order chi connectivity index (χ0) is 11.4. The smallest absolute Gasteiger partial charge is 0.223 e. The Morgan fingerprint density at radius 3 is 2.80 bits per heavy atom. The SMILES string of the molecule is C=CCn1cc(O)c(=O)cc1CN(C)C. The average Bonchev–Trinajstić information content (AvgIpc) is 2.13. The minimum absolute atomic E-state index is 0.223. The number of hydrogen-bond acceptors (Lipinski definition) is 3. The Balaban J connectivity index is 3.15. The van der Waals surface area contributed by atoms with E-state index in [1.54, 1.807) is 6.08 Å². The molecule has 1 aromatic rings. The van der Waals surface area contributed by atoms with E-state index in [0.717, 1.165) is 5.69 Å². The van der Waals surface area contributed by atoms with Crippen molar-refractivity contribution in [1.29, 1.82) is 0 Å². The zero-order valence-electron chi connectivity index (χ0n) is 9.10. The summed E-state index contributed by atoms with van der Waals surface area (Å²) in [4.78, 5) is 13.2. The Labute approximate surface area is 89.1 Å². The normalized spacial score (nSPS) is 10.6. The van der Waals surface area contributed by atoms with E-state index >= 15 is 0 Å². The van der Waals surface area contributed by atoms with Gasteiger partial charge in [0.25, 0.3) is 0 Å². The number of hydrogen-bond donors (Lipinski definition) is 1. The Kier molecular flexibility index (Phi) is 3.68. The van der Waals surface area contributed by atoms with Gasteiger partial charge in [-0.25, -0.2) is 0 Å². The largest absolute Gasteiger partial charge is 0.503 e. The molecule has 0 spiro atoms. The van der Waals surface area contributed by atoms with Crippen LogP contribution >= 0.6 is 0 Å². The quantitative estimate of drug-likeness (QED) is 0.744. The van der Waals surface area contributed by atoms with E-state index < -0.39 is 0 Å². The fourth-order valence-corrected chi connectivity index (χ4v) is 1.37. The van der Waals surface area contributed by atoms with Gasteiger partial charge >= 0.3 is 0 Å². The fourth-order valence-electron chi connectivity index (χ4n) is 1.37. The van der Waals surface area contributed by atoms with Gasteiger partial charge in [0.1, 0.15) is 0 Å². The lowest BCUT2D eigenvalue weighted by molar-refractivity contribution is 0.384. The van der Waals surface area contributed by atoms with Gasteiger partial charge in [-0.05, 0) is 14.1 Å². The minimum Gasteiger partial charge on any atom is -0.503 e. The van der Waals surface area contributed by atoms with E-state index in [1.807, 2.05) is 23.6 Å². The second kappa shape index (κ2) is 4.79. The van der Waals surface area contributed by atoms with Gasteiger partial charge in [-0.2, -0.15) is 0 Å². The lowest BCUT2D eigenvalue weighted by atomic mass is 10.3. The van der Waals surface area contributed by atoms with Crippen LogP contribution < -0.4 is 5.43 Å². The molecule has 0 amide bonds. The van der Waals surface area contributed by atoms with Gasteiger partial charge < -0.3 is 14.6 Å². The maximum absolute atomic E-state index is 11.3. The molecule has 82 valence electrons. The fraction of sp³-hybridized carbons (Fsp3) is 0.364. The van der Waals surface area contributed by atoms with E-state index in [9.17, 15) is 9.90 Å². The molecular formula is C11H16N2O2. The van der Waals surface area contributed by atoms with Crippen molar-refractivity contribution < 1.29 is 5.11 Å². The molecule has 0 fully saturated rings. The van der Waals surface area contributed by atoms with Crippen LogP contribution in [0.3, 0.4) is 0 Å². The lowest BCUT2D eigenvalue weighted by Crippen LogP contribution is -2.19. The zero-order valence-corrected chi connectivity index (χ0v) is 9.10. The summed E-state index contributed by atoms with van der Waals surface area (Å²) in [5.41, 5.74) is 0.523. The molecule has 1 rings (SSSR count). The standard InChI is InChI=1S/C11H16N2O2/c1-4-5-13-8-11(15)10(14)6-9(13)7-12(2)3/h4,6,8,15H,1,5,7H2,2-3H3. The maximum Gasteiger partial charge on any atom is 0.223 e. The summed E-state index contributed by atoms with van der Waals surface area (Å²) >= 11 is 0. The molecule has 0 aliphatic carbocycles. The first-order valence-corrected chi connectivity index (χ1v) is 4.72. The van der Waals surface area contributed by atoms with Crippen molar-refractivity contribution in [3.05, 3.63) is 40.8 Å². The van der Waals surface area contributed by atoms with Crippen molar-refractivity contribution in [2.24, 2.45) is 0 Å². The molecule has 0 unspecified atom stereocenters. The minimum atomic E-state index is -0.341. The molecule has 1 aromatic heterocycles. The van der Waals surface area contributed by atoms with Crippen LogP contribution in [0.5, 0.6) is 5.75 Å². The number of aromatic nitrogens is 1. The third-order valence-electron chi connectivity index (χ3n) is 2.00. The Hall–Kier alpha value is -1.55. The third kappa shape index (κ3) is 2.95. The molecule has 0 radical (unpaired) electrons. The molecule has 0 aliphatic heterocycles. The molecule has 0 saturated carbocycles. The highest BCUT2D eigenvalue weighted by Crippen LogP contribution is 2.06. The van der Waals surface area contributed by atoms with Crippen LogP contribution in [0.25, 0.3) is 0 Å². The molecule has 0 bridgehead atoms. The highest BCUT2D eigenvalue weighted by atomic mass is 16.3. The summed E-state index contributed by atoms with van der Waals surface area (Å²) in [6.07, 6.45) is 3.17. The van der Waals surface area contributed by atoms with Crippen molar-refractivity contribution in [1.82, 2.24) is 9.47 Å². The van der Waals surface area contributed by atoms with Crippen LogP contribution in [0.4, 0.5) is 0 Å². The highest BCUT2D eigenvalue weighted by Gasteiger charge is 2.05. The second-order valence-corrected chi connectivity index (χ2v) is 3.69. The van der Waals surface area contributed by atoms with Crippen LogP contribution in [-0.4, -0.2) is 28.7 Å². The van der Waals surface area contributed by atoms with Crippen molar-refractivity contribution >= 4 is 0 Å².